The van der Waals surface area contributed by atoms with Crippen molar-refractivity contribution in [3.05, 3.63) is 40.6 Å². The van der Waals surface area contributed by atoms with Gasteiger partial charge in [0.2, 0.25) is 5.79 Å². The molecule has 2 aliphatic heterocycles. The van der Waals surface area contributed by atoms with Gasteiger partial charge in [0.05, 0.1) is 23.8 Å². The van der Waals surface area contributed by atoms with Crippen LogP contribution in [0.2, 0.25) is 5.02 Å². The van der Waals surface area contributed by atoms with Gasteiger partial charge < -0.3 is 14.2 Å². The lowest BCUT2D eigenvalue weighted by Crippen LogP contribution is -2.44. The van der Waals surface area contributed by atoms with Gasteiger partial charge in [-0.05, 0) is 18.2 Å². The zero-order valence-corrected chi connectivity index (χ0v) is 11.4. The van der Waals surface area contributed by atoms with Crippen molar-refractivity contribution in [2.45, 2.75) is 25.2 Å². The number of carbonyl (C=O) groups is 1. The van der Waals surface area contributed by atoms with E-state index in [1.165, 1.54) is 6.26 Å². The number of fused-ring (bicyclic) bond motifs is 2. The molecule has 19 heavy (non-hydrogen) atoms. The fraction of sp³-hybridized carbons (Fsp3) is 0.357. The standard InChI is InChI=1S/C14H13ClO4/c1-14(17-2)6-12-10(7-18-14)13(16)9-5-8(15)3-4-11(9)19-12/h3-5,7,12H,6H2,1-2H3. The first-order valence-corrected chi connectivity index (χ1v) is 6.34. The van der Waals surface area contributed by atoms with Crippen molar-refractivity contribution in [3.8, 4) is 5.75 Å². The summed E-state index contributed by atoms with van der Waals surface area (Å²) in [6.45, 7) is 1.81. The van der Waals surface area contributed by atoms with E-state index < -0.39 is 5.79 Å². The van der Waals surface area contributed by atoms with E-state index in [-0.39, 0.29) is 11.9 Å². The van der Waals surface area contributed by atoms with Gasteiger partial charge in [-0.1, -0.05) is 11.6 Å². The Labute approximate surface area is 115 Å². The van der Waals surface area contributed by atoms with Crippen LogP contribution in [0.15, 0.2) is 30.0 Å². The Morgan fingerprint density at radius 2 is 2.26 bits per heavy atom. The zero-order valence-electron chi connectivity index (χ0n) is 10.6. The number of halogens is 1. The van der Waals surface area contributed by atoms with Crippen molar-refractivity contribution in [1.82, 2.24) is 0 Å². The summed E-state index contributed by atoms with van der Waals surface area (Å²) in [4.78, 5) is 12.4. The molecule has 1 aromatic rings. The highest BCUT2D eigenvalue weighted by Gasteiger charge is 2.42. The third kappa shape index (κ3) is 2.01. The Balaban J connectivity index is 2.02. The molecule has 1 aromatic carbocycles. The van der Waals surface area contributed by atoms with Crippen molar-refractivity contribution in [3.63, 3.8) is 0 Å². The average molecular weight is 281 g/mol. The van der Waals surface area contributed by atoms with E-state index in [0.29, 0.717) is 28.3 Å². The van der Waals surface area contributed by atoms with Gasteiger partial charge >= 0.3 is 0 Å². The number of rotatable bonds is 1. The number of benzene rings is 1. The molecule has 2 atom stereocenters. The van der Waals surface area contributed by atoms with Gasteiger partial charge in [-0.25, -0.2) is 0 Å². The topological polar surface area (TPSA) is 44.8 Å². The van der Waals surface area contributed by atoms with Crippen molar-refractivity contribution in [2.75, 3.05) is 7.11 Å². The summed E-state index contributed by atoms with van der Waals surface area (Å²) in [5.41, 5.74) is 0.976. The number of ether oxygens (including phenoxy) is 3. The quantitative estimate of drug-likeness (QED) is 0.793. The molecule has 2 heterocycles. The molecule has 0 fully saturated rings. The summed E-state index contributed by atoms with van der Waals surface area (Å²) in [5, 5.41) is 0.508. The number of carbonyl (C=O) groups excluding carboxylic acids is 1. The molecule has 0 bridgehead atoms. The Bertz CT molecular complexity index is 581. The second kappa shape index (κ2) is 4.25. The minimum absolute atomic E-state index is 0.105. The number of Topliss-reactive ketones (excluding diaryl/α,β-unsaturated/α-hetero) is 1. The molecule has 3 rings (SSSR count). The van der Waals surface area contributed by atoms with Crippen LogP contribution < -0.4 is 4.74 Å². The largest absolute Gasteiger partial charge is 0.484 e. The van der Waals surface area contributed by atoms with Gasteiger partial charge in [-0.2, -0.15) is 0 Å². The monoisotopic (exact) mass is 280 g/mol. The maximum Gasteiger partial charge on any atom is 0.210 e. The highest BCUT2D eigenvalue weighted by molar-refractivity contribution is 6.31. The van der Waals surface area contributed by atoms with Crippen LogP contribution in [0.3, 0.4) is 0 Å². The van der Waals surface area contributed by atoms with E-state index in [9.17, 15) is 4.79 Å². The first-order valence-electron chi connectivity index (χ1n) is 5.96. The molecule has 4 nitrogen and oxygen atoms in total. The molecule has 0 saturated carbocycles. The van der Waals surface area contributed by atoms with Crippen LogP contribution in [-0.4, -0.2) is 24.8 Å². The highest BCUT2D eigenvalue weighted by Crippen LogP contribution is 2.38. The summed E-state index contributed by atoms with van der Waals surface area (Å²) in [7, 11) is 1.57. The number of ketones is 1. The maximum absolute atomic E-state index is 12.4. The van der Waals surface area contributed by atoms with E-state index >= 15 is 0 Å². The normalized spacial score (nSPS) is 28.7. The molecule has 100 valence electrons. The molecule has 5 heteroatoms. The van der Waals surface area contributed by atoms with Crippen LogP contribution in [0.4, 0.5) is 0 Å². The van der Waals surface area contributed by atoms with Crippen molar-refractivity contribution in [2.24, 2.45) is 0 Å². The summed E-state index contributed by atoms with van der Waals surface area (Å²) < 4.78 is 16.6. The number of hydrogen-bond acceptors (Lipinski definition) is 4. The minimum atomic E-state index is -0.766. The first-order chi connectivity index (χ1) is 9.02. The number of hydrogen-bond donors (Lipinski definition) is 0. The second-order valence-corrected chi connectivity index (χ2v) is 5.25. The third-order valence-corrected chi connectivity index (χ3v) is 3.72. The lowest BCUT2D eigenvalue weighted by Gasteiger charge is -2.38. The molecule has 2 unspecified atom stereocenters. The fourth-order valence-electron chi connectivity index (χ4n) is 2.29. The van der Waals surface area contributed by atoms with Crippen molar-refractivity contribution < 1.29 is 19.0 Å². The highest BCUT2D eigenvalue weighted by atomic mass is 35.5. The van der Waals surface area contributed by atoms with Gasteiger partial charge in [-0.15, -0.1) is 0 Å². The van der Waals surface area contributed by atoms with Crippen LogP contribution in [0, 0.1) is 0 Å². The van der Waals surface area contributed by atoms with Crippen LogP contribution in [0.25, 0.3) is 0 Å². The molecule has 0 saturated heterocycles. The molecule has 0 aliphatic carbocycles. The molecule has 0 amide bonds. The van der Waals surface area contributed by atoms with E-state index in [2.05, 4.69) is 0 Å². The molecular formula is C14H13ClO4. The van der Waals surface area contributed by atoms with Gasteiger partial charge in [0.25, 0.3) is 0 Å². The van der Waals surface area contributed by atoms with Crippen LogP contribution >= 0.6 is 11.6 Å². The van der Waals surface area contributed by atoms with Crippen molar-refractivity contribution in [1.29, 1.82) is 0 Å². The van der Waals surface area contributed by atoms with Gasteiger partial charge in [0.15, 0.2) is 5.78 Å². The third-order valence-electron chi connectivity index (χ3n) is 3.49. The lowest BCUT2D eigenvalue weighted by atomic mass is 9.91. The number of methoxy groups -OCH3 is 1. The van der Waals surface area contributed by atoms with Gasteiger partial charge in [0.1, 0.15) is 11.9 Å². The lowest BCUT2D eigenvalue weighted by molar-refractivity contribution is -0.198. The summed E-state index contributed by atoms with van der Waals surface area (Å²) in [6.07, 6.45) is 1.55. The zero-order chi connectivity index (χ0) is 13.6. The molecule has 0 spiro atoms. The molecule has 0 radical (unpaired) electrons. The molecule has 0 N–H and O–H groups in total. The smallest absolute Gasteiger partial charge is 0.210 e. The first kappa shape index (κ1) is 12.5. The average Bonchev–Trinajstić information content (AvgIpc) is 2.40. The summed E-state index contributed by atoms with van der Waals surface area (Å²) in [5.74, 6) is -0.318. The predicted molar refractivity (Wildman–Crippen MR) is 69.4 cm³/mol. The summed E-state index contributed by atoms with van der Waals surface area (Å²) in [6, 6.07) is 5.03. The molecule has 2 aliphatic rings. The van der Waals surface area contributed by atoms with Crippen molar-refractivity contribution >= 4 is 17.4 Å². The summed E-state index contributed by atoms with van der Waals surface area (Å²) >= 11 is 5.91. The van der Waals surface area contributed by atoms with E-state index in [1.54, 1.807) is 25.3 Å². The van der Waals surface area contributed by atoms with Gasteiger partial charge in [0, 0.05) is 19.1 Å². The Kier molecular flexibility index (Phi) is 2.80. The SMILES string of the molecule is COC1(C)CC2Oc3ccc(Cl)cc3C(=O)C2=CO1. The maximum atomic E-state index is 12.4. The van der Waals surface area contributed by atoms with E-state index in [0.717, 1.165) is 0 Å². The van der Waals surface area contributed by atoms with Gasteiger partial charge in [-0.3, -0.25) is 4.79 Å². The predicted octanol–water partition coefficient (Wildman–Crippen LogP) is 2.95. The van der Waals surface area contributed by atoms with Crippen LogP contribution in [-0.2, 0) is 9.47 Å². The van der Waals surface area contributed by atoms with Crippen LogP contribution in [0.5, 0.6) is 5.75 Å². The van der Waals surface area contributed by atoms with Crippen LogP contribution in [0.1, 0.15) is 23.7 Å². The Morgan fingerprint density at radius 1 is 1.47 bits per heavy atom. The minimum Gasteiger partial charge on any atom is -0.484 e. The second-order valence-electron chi connectivity index (χ2n) is 4.81. The van der Waals surface area contributed by atoms with E-state index in [4.69, 9.17) is 25.8 Å². The Morgan fingerprint density at radius 3 is 3.00 bits per heavy atom. The fourth-order valence-corrected chi connectivity index (χ4v) is 2.46. The Hall–Kier alpha value is -1.52. The molecular weight excluding hydrogens is 268 g/mol. The van der Waals surface area contributed by atoms with E-state index in [1.807, 2.05) is 6.92 Å². The molecule has 0 aromatic heterocycles.